The van der Waals surface area contributed by atoms with Gasteiger partial charge in [-0.3, -0.25) is 9.59 Å². The standard InChI is InChI=1S/C29H55NO4.C18H33.C7H17NO.2Y/c1-8-10-12-14-16-18-20-25(21-19-17-15-13-11-9-2)34-27(32)29(6,7)28(4,5)26(31)33-23-24(3)22-30;1-3-5-7-9-11-13-15-17-18-16-14-12-10-8-6-4-2;1-3-8(4-2)6-5-7-9;;/h24-25,30H,3,8-23H2,1-2,4-7H3;12,14,17-18H,1,3-11,13,15-16H2,2H3;9H,3-7H2,1-2H3;;/q-2;-1;;;/b;14-12-,18-17-;;;. The fraction of sp³-hybridized carbons (Fsp3) is 0.852. The maximum Gasteiger partial charge on any atom is 0.312 e. The van der Waals surface area contributed by atoms with Gasteiger partial charge in [0.15, 0.2) is 0 Å². The molecule has 0 rings (SSSR count). The third-order valence-electron chi connectivity index (χ3n) is 12.1. The molecule has 0 saturated heterocycles. The fourth-order valence-electron chi connectivity index (χ4n) is 6.63. The summed E-state index contributed by atoms with van der Waals surface area (Å²) in [6, 6.07) is 0. The Hall–Kier alpha value is 0.508. The second-order valence-corrected chi connectivity index (χ2v) is 18.2. The van der Waals surface area contributed by atoms with Crippen molar-refractivity contribution in [1.82, 2.24) is 4.90 Å². The fourth-order valence-corrected chi connectivity index (χ4v) is 6.63. The molecule has 9 heteroatoms. The first-order valence-corrected chi connectivity index (χ1v) is 25.6. The normalized spacial score (nSPS) is 12.0. The number of unbranched alkanes of at least 4 members (excludes halogenated alkanes) is 19. The van der Waals surface area contributed by atoms with Gasteiger partial charge < -0.3 is 39.1 Å². The molecular formula is C54H105N2O5Y2-3. The number of rotatable bonds is 39. The molecule has 7 nitrogen and oxygen atoms in total. The van der Waals surface area contributed by atoms with E-state index in [4.69, 9.17) is 20.3 Å². The van der Waals surface area contributed by atoms with Gasteiger partial charge in [-0.05, 0) is 105 Å². The first kappa shape index (κ1) is 72.5. The summed E-state index contributed by atoms with van der Waals surface area (Å²) >= 11 is 0. The molecule has 1 atom stereocenters. The first-order valence-electron chi connectivity index (χ1n) is 25.6. The number of aliphatic hydroxyl groups excluding tert-OH is 1. The molecular weight excluding hydrogens is 934 g/mol. The Bertz CT molecular complexity index is 987. The summed E-state index contributed by atoms with van der Waals surface area (Å²) < 4.78 is 11.5. The van der Waals surface area contributed by atoms with Gasteiger partial charge in [-0.1, -0.05) is 162 Å². The SMILES string of the molecule is CCN(CC)CCCO.[CH2-]C(C[NH-])COC(=O)C(C)(C)C(C)(C)C(=O)OC(CCCCCCCC)CCCCCCCC.[CH2-]CCCCCCC/C=C\C/C=C\CCCCC.[Y].[Y]. The number of allylic oxidation sites excluding steroid dienone is 4. The molecule has 0 saturated carbocycles. The van der Waals surface area contributed by atoms with E-state index in [2.05, 4.69) is 77.7 Å². The zero-order valence-corrected chi connectivity index (χ0v) is 49.1. The molecule has 0 aliphatic heterocycles. The van der Waals surface area contributed by atoms with Crippen molar-refractivity contribution in [2.45, 2.75) is 242 Å². The maximum absolute atomic E-state index is 13.3. The summed E-state index contributed by atoms with van der Waals surface area (Å²) in [5.41, 5.74) is 5.28. The van der Waals surface area contributed by atoms with Crippen LogP contribution in [0.3, 0.4) is 0 Å². The number of aliphatic hydroxyl groups is 1. The van der Waals surface area contributed by atoms with Crippen molar-refractivity contribution in [3.63, 3.8) is 0 Å². The Morgan fingerprint density at radius 2 is 1.03 bits per heavy atom. The number of nitrogens with zero attached hydrogens (tertiary/aromatic N) is 1. The Morgan fingerprint density at radius 1 is 0.619 bits per heavy atom. The van der Waals surface area contributed by atoms with Gasteiger partial charge in [0, 0.05) is 78.6 Å². The zero-order chi connectivity index (χ0) is 46.5. The van der Waals surface area contributed by atoms with Crippen LogP contribution in [0.15, 0.2) is 24.3 Å². The summed E-state index contributed by atoms with van der Waals surface area (Å²) in [6.07, 6.45) is 42.0. The van der Waals surface area contributed by atoms with E-state index in [1.807, 2.05) is 0 Å². The van der Waals surface area contributed by atoms with Gasteiger partial charge >= 0.3 is 11.9 Å². The van der Waals surface area contributed by atoms with Crippen LogP contribution >= 0.6 is 0 Å². The van der Waals surface area contributed by atoms with Gasteiger partial charge in [-0.2, -0.15) is 18.9 Å². The van der Waals surface area contributed by atoms with Crippen LogP contribution in [-0.4, -0.2) is 67.4 Å². The predicted molar refractivity (Wildman–Crippen MR) is 267 cm³/mol. The van der Waals surface area contributed by atoms with Gasteiger partial charge in [-0.25, -0.2) is 0 Å². The Kier molecular flexibility index (Phi) is 61.5. The summed E-state index contributed by atoms with van der Waals surface area (Å²) in [7, 11) is 0. The Morgan fingerprint density at radius 3 is 1.48 bits per heavy atom. The van der Waals surface area contributed by atoms with Crippen molar-refractivity contribution in [2.24, 2.45) is 16.7 Å². The summed E-state index contributed by atoms with van der Waals surface area (Å²) in [4.78, 5) is 28.4. The smallest absolute Gasteiger partial charge is 0.312 e. The number of carbonyl (C=O) groups excluding carboxylic acids is 2. The van der Waals surface area contributed by atoms with Crippen LogP contribution in [0, 0.1) is 30.6 Å². The van der Waals surface area contributed by atoms with Crippen molar-refractivity contribution in [3.05, 3.63) is 43.9 Å². The number of hydrogen-bond donors (Lipinski definition) is 1. The van der Waals surface area contributed by atoms with Crippen LogP contribution in [0.5, 0.6) is 0 Å². The van der Waals surface area contributed by atoms with E-state index in [-0.39, 0.29) is 96.6 Å². The second-order valence-electron chi connectivity index (χ2n) is 18.2. The van der Waals surface area contributed by atoms with E-state index < -0.39 is 16.8 Å². The third kappa shape index (κ3) is 44.8. The molecule has 0 aliphatic rings. The number of hydrogen-bond acceptors (Lipinski definition) is 6. The largest absolute Gasteiger partial charge is 0.679 e. The summed E-state index contributed by atoms with van der Waals surface area (Å²) in [5, 5.41) is 8.48. The van der Waals surface area contributed by atoms with Crippen molar-refractivity contribution < 1.29 is 89.6 Å². The van der Waals surface area contributed by atoms with E-state index in [1.165, 1.54) is 128 Å². The number of nitrogens with one attached hydrogen (secondary N) is 1. The monoisotopic (exact) mass is 1040 g/mol. The quantitative estimate of drug-likeness (QED) is 0.0285. The van der Waals surface area contributed by atoms with Crippen molar-refractivity contribution in [2.75, 3.05) is 39.4 Å². The maximum atomic E-state index is 13.3. The molecule has 0 bridgehead atoms. The van der Waals surface area contributed by atoms with Crippen LogP contribution < -0.4 is 0 Å². The molecule has 0 spiro atoms. The molecule has 63 heavy (non-hydrogen) atoms. The molecule has 2 N–H and O–H groups in total. The average molecular weight is 1040 g/mol. The molecule has 0 aromatic heterocycles. The summed E-state index contributed by atoms with van der Waals surface area (Å²) in [5.74, 6) is -1.04. The minimum absolute atomic E-state index is 0. The van der Waals surface area contributed by atoms with Crippen molar-refractivity contribution in [1.29, 1.82) is 0 Å². The van der Waals surface area contributed by atoms with Gasteiger partial charge in [0.25, 0.3) is 0 Å². The number of carbonyl (C=O) groups is 2. The first-order chi connectivity index (χ1) is 29.3. The van der Waals surface area contributed by atoms with E-state index in [0.29, 0.717) is 6.61 Å². The van der Waals surface area contributed by atoms with Gasteiger partial charge in [-0.15, -0.1) is 0 Å². The van der Waals surface area contributed by atoms with Crippen LogP contribution in [0.4, 0.5) is 0 Å². The Balaban J connectivity index is -0.000000322. The van der Waals surface area contributed by atoms with E-state index in [1.54, 1.807) is 27.7 Å². The van der Waals surface area contributed by atoms with Crippen LogP contribution in [0.25, 0.3) is 5.73 Å². The van der Waals surface area contributed by atoms with Gasteiger partial charge in [0.2, 0.25) is 0 Å². The van der Waals surface area contributed by atoms with Crippen LogP contribution in [0.2, 0.25) is 0 Å². The number of ether oxygens (including phenoxy) is 2. The topological polar surface area (TPSA) is 99.9 Å². The molecule has 1 unspecified atom stereocenters. The minimum atomic E-state index is -1.04. The van der Waals surface area contributed by atoms with Crippen LogP contribution in [0.1, 0.15) is 236 Å². The van der Waals surface area contributed by atoms with Gasteiger partial charge in [0.1, 0.15) is 6.10 Å². The van der Waals surface area contributed by atoms with Gasteiger partial charge in [0.05, 0.1) is 17.4 Å². The molecule has 0 heterocycles. The van der Waals surface area contributed by atoms with E-state index in [0.717, 1.165) is 64.6 Å². The number of esters is 2. The summed E-state index contributed by atoms with van der Waals surface area (Å²) in [6.45, 7) is 29.4. The molecule has 0 aromatic carbocycles. The Labute approximate surface area is 444 Å². The molecule has 0 amide bonds. The molecule has 0 aliphatic carbocycles. The van der Waals surface area contributed by atoms with Crippen molar-refractivity contribution >= 4 is 11.9 Å². The van der Waals surface area contributed by atoms with E-state index in [9.17, 15) is 9.59 Å². The minimum Gasteiger partial charge on any atom is -0.679 e. The molecule has 0 fully saturated rings. The van der Waals surface area contributed by atoms with Crippen LogP contribution in [-0.2, 0) is 84.5 Å². The molecule has 370 valence electrons. The molecule has 0 aromatic rings. The third-order valence-corrected chi connectivity index (χ3v) is 12.1. The molecule has 2 radical (unpaired) electrons. The zero-order valence-electron chi connectivity index (χ0n) is 43.4. The predicted octanol–water partition coefficient (Wildman–Crippen LogP) is 15.8. The van der Waals surface area contributed by atoms with E-state index >= 15 is 0 Å². The average Bonchev–Trinajstić information content (AvgIpc) is 3.25. The van der Waals surface area contributed by atoms with Crippen molar-refractivity contribution in [3.8, 4) is 0 Å². The second kappa shape index (κ2) is 53.5.